The van der Waals surface area contributed by atoms with E-state index >= 15 is 0 Å². The van der Waals surface area contributed by atoms with E-state index in [9.17, 15) is 4.79 Å². The van der Waals surface area contributed by atoms with Crippen LogP contribution in [0.15, 0.2) is 36.5 Å². The van der Waals surface area contributed by atoms with Crippen molar-refractivity contribution in [2.24, 2.45) is 7.05 Å². The molecular formula is C17H21ClN4O. The van der Waals surface area contributed by atoms with E-state index in [2.05, 4.69) is 15.2 Å². The van der Waals surface area contributed by atoms with E-state index in [0.717, 1.165) is 43.9 Å². The van der Waals surface area contributed by atoms with Crippen LogP contribution in [0.5, 0.6) is 0 Å². The number of imidazole rings is 1. The summed E-state index contributed by atoms with van der Waals surface area (Å²) in [6, 6.07) is 9.61. The zero-order valence-electron chi connectivity index (χ0n) is 13.2. The number of carbonyl (C=O) groups is 1. The Bertz CT molecular complexity index is 662. The molecule has 1 N–H and O–H groups in total. The third-order valence-corrected chi connectivity index (χ3v) is 4.70. The number of aromatic nitrogens is 2. The van der Waals surface area contributed by atoms with Gasteiger partial charge < -0.3 is 9.88 Å². The summed E-state index contributed by atoms with van der Waals surface area (Å²) in [5.74, 6) is 0.988. The summed E-state index contributed by atoms with van der Waals surface area (Å²) in [7, 11) is 1.93. The Hall–Kier alpha value is -1.85. The number of carbonyl (C=O) groups excluding carboxylic acids is 1. The lowest BCUT2D eigenvalue weighted by atomic mass is 10.0. The second-order valence-corrected chi connectivity index (χ2v) is 6.33. The smallest absolute Gasteiger partial charge is 0.251 e. The third-order valence-electron chi connectivity index (χ3n) is 4.35. The number of piperidine rings is 1. The van der Waals surface area contributed by atoms with Gasteiger partial charge in [-0.3, -0.25) is 9.69 Å². The quantitative estimate of drug-likeness (QED) is 0.935. The molecule has 0 unspecified atom stereocenters. The highest BCUT2D eigenvalue weighted by molar-refractivity contribution is 6.29. The van der Waals surface area contributed by atoms with Gasteiger partial charge in [-0.1, -0.05) is 29.8 Å². The monoisotopic (exact) mass is 332 g/mol. The number of benzene rings is 1. The molecule has 1 saturated heterocycles. The number of nitrogens with zero attached hydrogens (tertiary/aromatic N) is 3. The highest BCUT2D eigenvalue weighted by Gasteiger charge is 2.22. The van der Waals surface area contributed by atoms with Crippen LogP contribution in [0.1, 0.15) is 29.0 Å². The molecular weight excluding hydrogens is 312 g/mol. The van der Waals surface area contributed by atoms with Crippen molar-refractivity contribution in [1.29, 1.82) is 0 Å². The third kappa shape index (κ3) is 3.92. The summed E-state index contributed by atoms with van der Waals surface area (Å²) < 4.78 is 1.91. The summed E-state index contributed by atoms with van der Waals surface area (Å²) >= 11 is 6.02. The fourth-order valence-corrected chi connectivity index (χ4v) is 3.01. The SMILES string of the molecule is Cn1c(Cl)cnc1CN1CCC(NC(=O)c2ccccc2)CC1. The van der Waals surface area contributed by atoms with Crippen LogP contribution in [0.25, 0.3) is 0 Å². The fraction of sp³-hybridized carbons (Fsp3) is 0.412. The van der Waals surface area contributed by atoms with E-state index < -0.39 is 0 Å². The van der Waals surface area contributed by atoms with Crippen LogP contribution in [-0.2, 0) is 13.6 Å². The lowest BCUT2D eigenvalue weighted by Gasteiger charge is -2.32. The first-order valence-electron chi connectivity index (χ1n) is 7.88. The van der Waals surface area contributed by atoms with Gasteiger partial charge in [0.15, 0.2) is 0 Å². The van der Waals surface area contributed by atoms with E-state index in [4.69, 9.17) is 11.6 Å². The van der Waals surface area contributed by atoms with Crippen LogP contribution in [0.4, 0.5) is 0 Å². The average molecular weight is 333 g/mol. The van der Waals surface area contributed by atoms with Crippen LogP contribution >= 0.6 is 11.6 Å². The van der Waals surface area contributed by atoms with Crippen molar-refractivity contribution in [2.45, 2.75) is 25.4 Å². The maximum absolute atomic E-state index is 12.2. The largest absolute Gasteiger partial charge is 0.349 e. The summed E-state index contributed by atoms with van der Waals surface area (Å²) in [5.41, 5.74) is 0.720. The molecule has 1 aromatic carbocycles. The fourth-order valence-electron chi connectivity index (χ4n) is 2.86. The first-order valence-corrected chi connectivity index (χ1v) is 8.25. The molecule has 2 aromatic rings. The zero-order chi connectivity index (χ0) is 16.2. The topological polar surface area (TPSA) is 50.2 Å². The highest BCUT2D eigenvalue weighted by atomic mass is 35.5. The molecule has 0 atom stereocenters. The molecule has 0 saturated carbocycles. The summed E-state index contributed by atoms with van der Waals surface area (Å²) in [4.78, 5) is 18.9. The molecule has 23 heavy (non-hydrogen) atoms. The molecule has 1 fully saturated rings. The van der Waals surface area contributed by atoms with Gasteiger partial charge in [0, 0.05) is 31.7 Å². The molecule has 1 aromatic heterocycles. The minimum atomic E-state index is 0.0138. The standard InChI is InChI=1S/C17H21ClN4O/c1-21-15(18)11-19-16(21)12-22-9-7-14(8-10-22)20-17(23)13-5-3-2-4-6-13/h2-6,11,14H,7-10,12H2,1H3,(H,20,23). The van der Waals surface area contributed by atoms with Crippen LogP contribution in [0.2, 0.25) is 5.15 Å². The molecule has 2 heterocycles. The van der Waals surface area contributed by atoms with E-state index in [1.54, 1.807) is 6.20 Å². The van der Waals surface area contributed by atoms with Gasteiger partial charge in [0.2, 0.25) is 0 Å². The number of amides is 1. The molecule has 5 nitrogen and oxygen atoms in total. The Morgan fingerprint density at radius 2 is 2.00 bits per heavy atom. The van der Waals surface area contributed by atoms with Crippen LogP contribution in [0, 0.1) is 0 Å². The molecule has 0 spiro atoms. The average Bonchev–Trinajstić information content (AvgIpc) is 2.89. The van der Waals surface area contributed by atoms with E-state index in [-0.39, 0.29) is 11.9 Å². The van der Waals surface area contributed by atoms with Gasteiger partial charge in [0.25, 0.3) is 5.91 Å². The van der Waals surface area contributed by atoms with E-state index in [0.29, 0.717) is 5.15 Å². The van der Waals surface area contributed by atoms with Crippen molar-refractivity contribution in [1.82, 2.24) is 19.8 Å². The van der Waals surface area contributed by atoms with Crippen LogP contribution < -0.4 is 5.32 Å². The molecule has 1 aliphatic rings. The van der Waals surface area contributed by atoms with Gasteiger partial charge in [-0.15, -0.1) is 0 Å². The predicted molar refractivity (Wildman–Crippen MR) is 90.4 cm³/mol. The van der Waals surface area contributed by atoms with Crippen molar-refractivity contribution < 1.29 is 4.79 Å². The minimum absolute atomic E-state index is 0.0138. The Labute approximate surface area is 141 Å². The number of hydrogen-bond donors (Lipinski definition) is 1. The second-order valence-electron chi connectivity index (χ2n) is 5.95. The molecule has 1 aliphatic heterocycles. The molecule has 3 rings (SSSR count). The lowest BCUT2D eigenvalue weighted by molar-refractivity contribution is 0.0908. The number of hydrogen-bond acceptors (Lipinski definition) is 3. The highest BCUT2D eigenvalue weighted by Crippen LogP contribution is 2.16. The van der Waals surface area contributed by atoms with Crippen LogP contribution in [0.3, 0.4) is 0 Å². The Morgan fingerprint density at radius 3 is 2.61 bits per heavy atom. The van der Waals surface area contributed by atoms with Gasteiger partial charge >= 0.3 is 0 Å². The van der Waals surface area contributed by atoms with Gasteiger partial charge in [-0.25, -0.2) is 4.98 Å². The van der Waals surface area contributed by atoms with Gasteiger partial charge in [-0.2, -0.15) is 0 Å². The lowest BCUT2D eigenvalue weighted by Crippen LogP contribution is -2.44. The Morgan fingerprint density at radius 1 is 1.30 bits per heavy atom. The molecule has 122 valence electrons. The summed E-state index contributed by atoms with van der Waals surface area (Å²) in [6.45, 7) is 2.69. The normalized spacial score (nSPS) is 16.4. The molecule has 0 radical (unpaired) electrons. The number of rotatable bonds is 4. The van der Waals surface area contributed by atoms with Crippen LogP contribution in [-0.4, -0.2) is 39.5 Å². The Kier molecular flexibility index (Phi) is 4.98. The predicted octanol–water partition coefficient (Wildman–Crippen LogP) is 2.47. The summed E-state index contributed by atoms with van der Waals surface area (Å²) in [5, 5.41) is 3.78. The van der Waals surface area contributed by atoms with Crippen molar-refractivity contribution in [3.63, 3.8) is 0 Å². The Balaban J connectivity index is 1.49. The maximum Gasteiger partial charge on any atom is 0.251 e. The summed E-state index contributed by atoms with van der Waals surface area (Å²) in [6.07, 6.45) is 3.59. The van der Waals surface area contributed by atoms with E-state index in [1.807, 2.05) is 41.9 Å². The molecule has 0 aliphatic carbocycles. The number of nitrogens with one attached hydrogen (secondary N) is 1. The van der Waals surface area contributed by atoms with Crippen molar-refractivity contribution in [2.75, 3.05) is 13.1 Å². The van der Waals surface area contributed by atoms with E-state index in [1.165, 1.54) is 0 Å². The second kappa shape index (κ2) is 7.15. The van der Waals surface area contributed by atoms with Gasteiger partial charge in [0.1, 0.15) is 11.0 Å². The van der Waals surface area contributed by atoms with Gasteiger partial charge in [-0.05, 0) is 25.0 Å². The first kappa shape index (κ1) is 16.0. The van der Waals surface area contributed by atoms with Crippen molar-refractivity contribution in [3.05, 3.63) is 53.1 Å². The molecule has 0 bridgehead atoms. The van der Waals surface area contributed by atoms with Crippen molar-refractivity contribution in [3.8, 4) is 0 Å². The number of likely N-dealkylation sites (tertiary alicyclic amines) is 1. The minimum Gasteiger partial charge on any atom is -0.349 e. The van der Waals surface area contributed by atoms with Crippen molar-refractivity contribution >= 4 is 17.5 Å². The molecule has 1 amide bonds. The zero-order valence-corrected chi connectivity index (χ0v) is 14.0. The molecule has 6 heteroatoms. The van der Waals surface area contributed by atoms with Gasteiger partial charge in [0.05, 0.1) is 12.7 Å². The first-order chi connectivity index (χ1) is 11.1. The maximum atomic E-state index is 12.2. The number of halogens is 1.